The fraction of sp³-hybridized carbons (Fsp3) is 0.920. The fourth-order valence-corrected chi connectivity index (χ4v) is 4.96. The molecular formula is C25H44O8. The highest BCUT2D eigenvalue weighted by Crippen LogP contribution is 2.34. The molecule has 2 aliphatic heterocycles. The quantitative estimate of drug-likeness (QED) is 0.379. The molecule has 2 aliphatic rings. The Bertz CT molecular complexity index is 597. The first kappa shape index (κ1) is 28.0. The number of hydrogen-bond acceptors (Lipinski definition) is 8. The van der Waals surface area contributed by atoms with E-state index < -0.39 is 36.5 Å². The Kier molecular flexibility index (Phi) is 12.1. The van der Waals surface area contributed by atoms with E-state index >= 15 is 0 Å². The van der Waals surface area contributed by atoms with Gasteiger partial charge in [-0.3, -0.25) is 9.59 Å². The van der Waals surface area contributed by atoms with Gasteiger partial charge in [0.15, 0.2) is 6.29 Å². The summed E-state index contributed by atoms with van der Waals surface area (Å²) in [4.78, 5) is 24.5. The number of esters is 2. The average molecular weight is 473 g/mol. The first-order valence-corrected chi connectivity index (χ1v) is 12.6. The van der Waals surface area contributed by atoms with Crippen molar-refractivity contribution in [3.05, 3.63) is 0 Å². The number of methoxy groups -OCH3 is 1. The van der Waals surface area contributed by atoms with Crippen LogP contribution < -0.4 is 0 Å². The number of hydrogen-bond donors (Lipinski definition) is 1. The molecule has 0 aromatic carbocycles. The van der Waals surface area contributed by atoms with Crippen molar-refractivity contribution >= 4 is 11.9 Å². The van der Waals surface area contributed by atoms with Crippen LogP contribution in [-0.2, 0) is 33.3 Å². The van der Waals surface area contributed by atoms with E-state index in [1.54, 1.807) is 0 Å². The molecular weight excluding hydrogens is 428 g/mol. The van der Waals surface area contributed by atoms with Crippen molar-refractivity contribution in [3.8, 4) is 0 Å². The largest absolute Gasteiger partial charge is 0.462 e. The summed E-state index contributed by atoms with van der Waals surface area (Å²) in [6.45, 7) is 8.00. The van der Waals surface area contributed by atoms with Crippen LogP contribution in [0.25, 0.3) is 0 Å². The molecule has 1 N–H and O–H groups in total. The molecule has 0 amide bonds. The van der Waals surface area contributed by atoms with Crippen molar-refractivity contribution in [3.63, 3.8) is 0 Å². The molecule has 2 rings (SSSR count). The van der Waals surface area contributed by atoms with Crippen molar-refractivity contribution in [2.24, 2.45) is 11.8 Å². The summed E-state index contributed by atoms with van der Waals surface area (Å²) in [7, 11) is 1.45. The number of unbranched alkanes of at least 4 members (excludes halogenated alkanes) is 4. The average Bonchev–Trinajstić information content (AvgIpc) is 3.16. The second-order valence-electron chi connectivity index (χ2n) is 9.69. The Morgan fingerprint density at radius 2 is 1.91 bits per heavy atom. The molecule has 8 atom stereocenters. The third-order valence-corrected chi connectivity index (χ3v) is 6.72. The maximum absolute atomic E-state index is 12.8. The van der Waals surface area contributed by atoms with Gasteiger partial charge in [0.05, 0.1) is 25.2 Å². The molecule has 192 valence electrons. The van der Waals surface area contributed by atoms with Gasteiger partial charge in [-0.1, -0.05) is 39.5 Å². The van der Waals surface area contributed by atoms with Crippen LogP contribution in [-0.4, -0.2) is 67.6 Å². The minimum Gasteiger partial charge on any atom is -0.462 e. The molecule has 0 saturated carbocycles. The highest BCUT2D eigenvalue weighted by molar-refractivity contribution is 5.72. The van der Waals surface area contributed by atoms with E-state index in [1.165, 1.54) is 33.3 Å². The lowest BCUT2D eigenvalue weighted by Gasteiger charge is -2.38. The van der Waals surface area contributed by atoms with Crippen molar-refractivity contribution in [2.75, 3.05) is 13.7 Å². The molecule has 8 nitrogen and oxygen atoms in total. The Morgan fingerprint density at radius 3 is 2.52 bits per heavy atom. The van der Waals surface area contributed by atoms with E-state index in [1.807, 2.05) is 6.92 Å². The minimum atomic E-state index is -0.957. The smallest absolute Gasteiger partial charge is 0.309 e. The third kappa shape index (κ3) is 9.15. The molecule has 0 radical (unpaired) electrons. The lowest BCUT2D eigenvalue weighted by Crippen LogP contribution is -2.48. The molecule has 8 heteroatoms. The molecule has 33 heavy (non-hydrogen) atoms. The second kappa shape index (κ2) is 14.2. The SMILES string of the molecule is CCCCCCCC1OC(=O)CC(OC(C)=O)C(OC)C(O)C(CC2OCC(C)O2)CC1C. The first-order valence-electron chi connectivity index (χ1n) is 12.6. The number of carbonyl (C=O) groups is 2. The Labute approximate surface area is 198 Å². The molecule has 0 aliphatic carbocycles. The number of aliphatic hydroxyl groups is 1. The third-order valence-electron chi connectivity index (χ3n) is 6.72. The summed E-state index contributed by atoms with van der Waals surface area (Å²) in [5.41, 5.74) is 0. The lowest BCUT2D eigenvalue weighted by atomic mass is 9.81. The number of carbonyl (C=O) groups excluding carboxylic acids is 2. The molecule has 2 fully saturated rings. The summed E-state index contributed by atoms with van der Waals surface area (Å²) in [5, 5.41) is 11.3. The van der Waals surface area contributed by atoms with Crippen molar-refractivity contribution < 1.29 is 38.4 Å². The van der Waals surface area contributed by atoms with Gasteiger partial charge in [0, 0.05) is 20.5 Å². The van der Waals surface area contributed by atoms with E-state index in [9.17, 15) is 14.7 Å². The predicted octanol–water partition coefficient (Wildman–Crippen LogP) is 3.76. The van der Waals surface area contributed by atoms with Crippen LogP contribution in [0.15, 0.2) is 0 Å². The van der Waals surface area contributed by atoms with Gasteiger partial charge in [-0.15, -0.1) is 0 Å². The monoisotopic (exact) mass is 472 g/mol. The lowest BCUT2D eigenvalue weighted by molar-refractivity contribution is -0.179. The number of aliphatic hydroxyl groups excluding tert-OH is 1. The number of rotatable bonds is 10. The second-order valence-corrected chi connectivity index (χ2v) is 9.69. The fourth-order valence-electron chi connectivity index (χ4n) is 4.96. The zero-order chi connectivity index (χ0) is 24.4. The summed E-state index contributed by atoms with van der Waals surface area (Å²) >= 11 is 0. The van der Waals surface area contributed by atoms with Crippen LogP contribution in [0.4, 0.5) is 0 Å². The van der Waals surface area contributed by atoms with Crippen molar-refractivity contribution in [1.29, 1.82) is 0 Å². The van der Waals surface area contributed by atoms with Gasteiger partial charge in [0.2, 0.25) is 0 Å². The predicted molar refractivity (Wildman–Crippen MR) is 122 cm³/mol. The Hall–Kier alpha value is -1.22. The van der Waals surface area contributed by atoms with Gasteiger partial charge in [0.1, 0.15) is 18.3 Å². The van der Waals surface area contributed by atoms with Gasteiger partial charge >= 0.3 is 11.9 Å². The van der Waals surface area contributed by atoms with Gasteiger partial charge in [-0.25, -0.2) is 0 Å². The van der Waals surface area contributed by atoms with E-state index in [2.05, 4.69) is 13.8 Å². The van der Waals surface area contributed by atoms with Crippen LogP contribution in [0.5, 0.6) is 0 Å². The van der Waals surface area contributed by atoms with Crippen molar-refractivity contribution in [1.82, 2.24) is 0 Å². The van der Waals surface area contributed by atoms with Crippen LogP contribution in [0, 0.1) is 11.8 Å². The number of ether oxygens (including phenoxy) is 5. The number of cyclic esters (lactones) is 1. The van der Waals surface area contributed by atoms with E-state index in [0.29, 0.717) is 19.4 Å². The van der Waals surface area contributed by atoms with Gasteiger partial charge in [0.25, 0.3) is 0 Å². The van der Waals surface area contributed by atoms with E-state index in [-0.39, 0.29) is 30.5 Å². The molecule has 0 aromatic rings. The maximum atomic E-state index is 12.8. The van der Waals surface area contributed by atoms with Crippen molar-refractivity contribution in [2.45, 2.75) is 122 Å². The highest BCUT2D eigenvalue weighted by Gasteiger charge is 2.42. The molecule has 2 heterocycles. The standard InChI is InChI=1S/C25H44O8/c1-6-7-8-9-10-11-20-16(2)12-19(13-23-30-15-17(3)31-23)24(28)25(29-5)21(32-18(4)26)14-22(27)33-20/h16-17,19-21,23-25,28H,6-15H2,1-5H3. The Balaban J connectivity index is 2.20. The Morgan fingerprint density at radius 1 is 1.18 bits per heavy atom. The van der Waals surface area contributed by atoms with Crippen LogP contribution in [0.2, 0.25) is 0 Å². The highest BCUT2D eigenvalue weighted by atomic mass is 16.7. The van der Waals surface area contributed by atoms with E-state index in [0.717, 1.165) is 19.3 Å². The summed E-state index contributed by atoms with van der Waals surface area (Å²) in [6.07, 6.45) is 3.95. The normalized spacial score (nSPS) is 35.8. The first-order chi connectivity index (χ1) is 15.7. The summed E-state index contributed by atoms with van der Waals surface area (Å²) < 4.78 is 28.4. The molecule has 0 bridgehead atoms. The zero-order valence-electron chi connectivity index (χ0n) is 21.0. The van der Waals surface area contributed by atoms with Crippen LogP contribution in [0.3, 0.4) is 0 Å². The maximum Gasteiger partial charge on any atom is 0.309 e. The molecule has 8 unspecified atom stereocenters. The minimum absolute atomic E-state index is 0.00735. The van der Waals surface area contributed by atoms with Gasteiger partial charge < -0.3 is 28.8 Å². The molecule has 0 aromatic heterocycles. The van der Waals surface area contributed by atoms with Gasteiger partial charge in [-0.05, 0) is 38.0 Å². The van der Waals surface area contributed by atoms with Crippen LogP contribution in [0.1, 0.15) is 85.5 Å². The topological polar surface area (TPSA) is 101 Å². The van der Waals surface area contributed by atoms with E-state index in [4.69, 9.17) is 23.7 Å². The van der Waals surface area contributed by atoms with Crippen LogP contribution >= 0.6 is 0 Å². The zero-order valence-corrected chi connectivity index (χ0v) is 21.0. The molecule has 0 spiro atoms. The summed E-state index contributed by atoms with van der Waals surface area (Å²) in [6, 6.07) is 0. The van der Waals surface area contributed by atoms with Gasteiger partial charge in [-0.2, -0.15) is 0 Å². The summed E-state index contributed by atoms with van der Waals surface area (Å²) in [5.74, 6) is -1.16. The molecule has 2 saturated heterocycles.